The Morgan fingerprint density at radius 3 is 1.01 bits per heavy atom. The lowest BCUT2D eigenvalue weighted by molar-refractivity contribution is 0.660. The van der Waals surface area contributed by atoms with Crippen LogP contribution in [0.2, 0.25) is 0 Å². The van der Waals surface area contributed by atoms with Gasteiger partial charge in [0.05, 0.1) is 112 Å². The predicted octanol–water partition coefficient (Wildman–Crippen LogP) is 26.2. The zero-order valence-electron chi connectivity index (χ0n) is 62.8. The van der Waals surface area contributed by atoms with Crippen molar-refractivity contribution in [2.45, 2.75) is 19.3 Å². The highest BCUT2D eigenvalue weighted by atomic mass is 15.0. The smallest absolute Gasteiger partial charge is 0.0973 e. The molecule has 16 aromatic carbocycles. The summed E-state index contributed by atoms with van der Waals surface area (Å²) in [7, 11) is 0. The Hall–Kier alpha value is -15.3. The van der Waals surface area contributed by atoms with Crippen molar-refractivity contribution < 1.29 is 0 Å². The average molecular weight is 1470 g/mol. The Labute approximate surface area is 661 Å². The van der Waals surface area contributed by atoms with E-state index in [2.05, 4.69) is 317 Å². The number of hydrogen-bond acceptors (Lipinski definition) is 6. The Bertz CT molecular complexity index is 7940. The Morgan fingerprint density at radius 1 is 0.209 bits per heavy atom. The lowest BCUT2D eigenvalue weighted by atomic mass is 9.82. The maximum absolute atomic E-state index is 5.25. The van der Waals surface area contributed by atoms with Crippen molar-refractivity contribution in [2.24, 2.45) is 0 Å². The molecule has 0 radical (unpaired) electrons. The van der Waals surface area contributed by atoms with Crippen molar-refractivity contribution in [3.8, 4) is 90.2 Å². The number of aromatic nitrogens is 10. The molecule has 10 heteroatoms. The van der Waals surface area contributed by atoms with Crippen LogP contribution in [0, 0.1) is 0 Å². The largest absolute Gasteiger partial charge is 0.309 e. The van der Waals surface area contributed by atoms with Crippen LogP contribution in [0.5, 0.6) is 0 Å². The second-order valence-corrected chi connectivity index (χ2v) is 30.5. The van der Waals surface area contributed by atoms with Gasteiger partial charge in [0.15, 0.2) is 0 Å². The number of fused-ring (bicyclic) bond motifs is 18. The minimum atomic E-state index is -0.0303. The molecule has 0 saturated heterocycles. The Kier molecular flexibility index (Phi) is 14.8. The fourth-order valence-electron chi connectivity index (χ4n) is 18.3. The van der Waals surface area contributed by atoms with Gasteiger partial charge >= 0.3 is 0 Å². The average Bonchev–Trinajstić information content (AvgIpc) is 1.56. The van der Waals surface area contributed by atoms with Crippen LogP contribution in [0.3, 0.4) is 0 Å². The van der Waals surface area contributed by atoms with Gasteiger partial charge in [-0.3, -0.25) is 4.98 Å². The molecule has 0 saturated carbocycles. The third kappa shape index (κ3) is 10.5. The number of benzene rings is 16. The van der Waals surface area contributed by atoms with Gasteiger partial charge in [0.2, 0.25) is 0 Å². The van der Waals surface area contributed by atoms with E-state index in [1.54, 1.807) is 0 Å². The normalized spacial score (nSPS) is 12.5. The molecule has 0 bridgehead atoms. The highest BCUT2D eigenvalue weighted by Crippen LogP contribution is 2.51. The van der Waals surface area contributed by atoms with Crippen molar-refractivity contribution in [1.29, 1.82) is 0 Å². The first-order chi connectivity index (χ1) is 56.8. The monoisotopic (exact) mass is 1470 g/mol. The van der Waals surface area contributed by atoms with Crippen molar-refractivity contribution in [1.82, 2.24) is 48.2 Å². The second kappa shape index (κ2) is 25.9. The van der Waals surface area contributed by atoms with Crippen molar-refractivity contribution >= 4 is 120 Å². The van der Waals surface area contributed by atoms with Gasteiger partial charge in [0.25, 0.3) is 0 Å². The molecule has 1 aliphatic rings. The van der Waals surface area contributed by atoms with E-state index in [0.29, 0.717) is 0 Å². The summed E-state index contributed by atoms with van der Waals surface area (Å²) >= 11 is 0. The molecule has 0 atom stereocenters. The number of para-hydroxylation sites is 10. The maximum atomic E-state index is 5.25. The van der Waals surface area contributed by atoms with E-state index in [0.717, 1.165) is 129 Å². The predicted molar refractivity (Wildman–Crippen MR) is 474 cm³/mol. The Balaban J connectivity index is 0.000000139. The third-order valence-electron chi connectivity index (χ3n) is 23.6. The Morgan fingerprint density at radius 2 is 0.539 bits per heavy atom. The number of hydrogen-bond donors (Lipinski definition) is 0. The molecule has 115 heavy (non-hydrogen) atoms. The van der Waals surface area contributed by atoms with Crippen LogP contribution in [0.15, 0.2) is 376 Å². The molecule has 0 aliphatic heterocycles. The van der Waals surface area contributed by atoms with E-state index in [9.17, 15) is 0 Å². The molecule has 0 spiro atoms. The molecule has 7 aromatic heterocycles. The summed E-state index contributed by atoms with van der Waals surface area (Å²) in [5.74, 6) is 0. The molecule has 0 fully saturated rings. The summed E-state index contributed by atoms with van der Waals surface area (Å²) in [6, 6.07) is 132. The van der Waals surface area contributed by atoms with Gasteiger partial charge in [0.1, 0.15) is 0 Å². The van der Waals surface area contributed by atoms with E-state index in [1.165, 1.54) is 93.1 Å². The first-order valence-electron chi connectivity index (χ1n) is 39.1. The molecular formula is C105H68N10. The standard InChI is InChI=1S/C58H36N6.C47H32N4/c1-3-16-37(17-4-1)55-57(61-48-25-10-9-24-47(48)59-55)39-30-32-41(33-31-39)63-51-28-13-7-22-43(51)45-36-54-46(35-53(45)63)44-23-8-14-29-52(44)64(54)42-21-15-20-40(34-42)58-56(38-18-5-2-6-19-38)60-49-26-11-12-27-50(49)62-58;1-47(2)38-17-6-3-14-32(38)35-25-31(22-23-39(35)47)51-44-21-10-5-16-34(44)37-26-45-36(27-46(37)51)33-15-4-9-20-43(33)50(45)30-13-11-12-29(24-30)42-28-48-40-18-7-8-19-41(40)49-42/h1-36H;3-28H,1-2H3. The van der Waals surface area contributed by atoms with Crippen LogP contribution in [-0.4, -0.2) is 48.2 Å². The van der Waals surface area contributed by atoms with Gasteiger partial charge in [-0.15, -0.1) is 0 Å². The molecule has 7 heterocycles. The molecule has 0 unspecified atom stereocenters. The molecule has 10 nitrogen and oxygen atoms in total. The van der Waals surface area contributed by atoms with Gasteiger partial charge in [-0.05, 0) is 156 Å². The van der Waals surface area contributed by atoms with Gasteiger partial charge in [-0.1, -0.05) is 250 Å². The SMILES string of the molecule is CC1(C)c2ccccc2-c2cc(-n3c4ccccc4c4cc5c(cc43)c3ccccc3n5-c3cccc(-c4cnc5ccccc5n4)c3)ccc21.c1ccc(-c2nc3ccccc3nc2-c2ccc(-n3c4ccccc4c4cc5c(cc43)c3ccccc3n5-c3cccc(-c4nc5ccccc5nc4-c4ccccc4)c3)cc2)cc1. The second-order valence-electron chi connectivity index (χ2n) is 30.5. The zero-order chi connectivity index (χ0) is 76.0. The molecule has 24 rings (SSSR count). The summed E-state index contributed by atoms with van der Waals surface area (Å²) in [5, 5.41) is 9.69. The van der Waals surface area contributed by atoms with Gasteiger partial charge < -0.3 is 18.3 Å². The molecule has 538 valence electrons. The van der Waals surface area contributed by atoms with Crippen LogP contribution in [0.4, 0.5) is 0 Å². The van der Waals surface area contributed by atoms with Crippen LogP contribution < -0.4 is 0 Å². The fraction of sp³-hybridized carbons (Fsp3) is 0.0286. The van der Waals surface area contributed by atoms with Crippen LogP contribution in [0.1, 0.15) is 25.0 Å². The minimum absolute atomic E-state index is 0.0303. The van der Waals surface area contributed by atoms with Crippen molar-refractivity contribution in [3.05, 3.63) is 387 Å². The van der Waals surface area contributed by atoms with E-state index >= 15 is 0 Å². The highest BCUT2D eigenvalue weighted by molar-refractivity contribution is 6.21. The lowest BCUT2D eigenvalue weighted by Gasteiger charge is -2.21. The summed E-state index contributed by atoms with van der Waals surface area (Å²) < 4.78 is 9.67. The summed E-state index contributed by atoms with van der Waals surface area (Å²) in [5.41, 5.74) is 33.9. The van der Waals surface area contributed by atoms with E-state index < -0.39 is 0 Å². The molecule has 0 N–H and O–H groups in total. The lowest BCUT2D eigenvalue weighted by Crippen LogP contribution is -2.14. The third-order valence-corrected chi connectivity index (χ3v) is 23.6. The first kappa shape index (κ1) is 65.6. The first-order valence-corrected chi connectivity index (χ1v) is 39.1. The van der Waals surface area contributed by atoms with Gasteiger partial charge in [-0.25, -0.2) is 24.9 Å². The van der Waals surface area contributed by atoms with E-state index in [4.69, 9.17) is 29.9 Å². The quantitative estimate of drug-likeness (QED) is 0.143. The van der Waals surface area contributed by atoms with Gasteiger partial charge in [-0.2, -0.15) is 0 Å². The van der Waals surface area contributed by atoms with Crippen molar-refractivity contribution in [2.75, 3.05) is 0 Å². The fourth-order valence-corrected chi connectivity index (χ4v) is 18.3. The van der Waals surface area contributed by atoms with Crippen molar-refractivity contribution in [3.63, 3.8) is 0 Å². The number of nitrogens with zero attached hydrogens (tertiary/aromatic N) is 10. The molecule has 1 aliphatic carbocycles. The van der Waals surface area contributed by atoms with Gasteiger partial charge in [0, 0.05) is 99.1 Å². The number of rotatable bonds is 9. The van der Waals surface area contributed by atoms with E-state index in [1.807, 2.05) is 91.1 Å². The molecular weight excluding hydrogens is 1400 g/mol. The van der Waals surface area contributed by atoms with Crippen LogP contribution >= 0.6 is 0 Å². The summed E-state index contributed by atoms with van der Waals surface area (Å²) in [6.07, 6.45) is 1.88. The topological polar surface area (TPSA) is 97.1 Å². The molecule has 0 amide bonds. The maximum Gasteiger partial charge on any atom is 0.0973 e. The van der Waals surface area contributed by atoms with E-state index in [-0.39, 0.29) is 5.41 Å². The minimum Gasteiger partial charge on any atom is -0.309 e. The van der Waals surface area contributed by atoms with Crippen LogP contribution in [0.25, 0.3) is 210 Å². The summed E-state index contributed by atoms with van der Waals surface area (Å²) in [4.78, 5) is 30.4. The summed E-state index contributed by atoms with van der Waals surface area (Å²) in [6.45, 7) is 4.68. The highest BCUT2D eigenvalue weighted by Gasteiger charge is 2.36. The van der Waals surface area contributed by atoms with Crippen LogP contribution in [-0.2, 0) is 5.41 Å². The zero-order valence-corrected chi connectivity index (χ0v) is 62.8. The molecule has 23 aromatic rings.